The van der Waals surface area contributed by atoms with Gasteiger partial charge in [0, 0.05) is 30.4 Å². The van der Waals surface area contributed by atoms with Gasteiger partial charge in [-0.1, -0.05) is 15.9 Å². The van der Waals surface area contributed by atoms with E-state index in [4.69, 9.17) is 4.74 Å². The van der Waals surface area contributed by atoms with Crippen molar-refractivity contribution in [2.75, 3.05) is 31.8 Å². The monoisotopic (exact) mass is 447 g/mol. The van der Waals surface area contributed by atoms with E-state index in [2.05, 4.69) is 15.9 Å². The minimum Gasteiger partial charge on any atom is -0.383 e. The molecule has 4 aliphatic carbocycles. The SMILES string of the molecule is COCCN(C(=O)CC12CC3CC(CC(Br)(C3)C1)C2)C1CCS(=O)(=O)C1. The minimum atomic E-state index is -3.00. The molecule has 5 aliphatic rings. The van der Waals surface area contributed by atoms with Crippen LogP contribution in [0.5, 0.6) is 0 Å². The van der Waals surface area contributed by atoms with E-state index >= 15 is 0 Å². The lowest BCUT2D eigenvalue weighted by Gasteiger charge is -2.60. The number of nitrogens with zero attached hydrogens (tertiary/aromatic N) is 1. The van der Waals surface area contributed by atoms with Gasteiger partial charge in [0.15, 0.2) is 9.84 Å². The summed E-state index contributed by atoms with van der Waals surface area (Å²) < 4.78 is 29.3. The third-order valence-electron chi connectivity index (χ3n) is 7.14. The Balaban J connectivity index is 1.49. The number of halogens is 1. The fraction of sp³-hybridized carbons (Fsp3) is 0.947. The van der Waals surface area contributed by atoms with Crippen molar-refractivity contribution in [2.24, 2.45) is 17.3 Å². The van der Waals surface area contributed by atoms with Gasteiger partial charge in [-0.15, -0.1) is 0 Å². The molecule has 5 fully saturated rings. The Morgan fingerprint density at radius 3 is 2.46 bits per heavy atom. The predicted octanol–water partition coefficient (Wildman–Crippen LogP) is 2.77. The Hall–Kier alpha value is -0.140. The van der Waals surface area contributed by atoms with Crippen LogP contribution in [0.2, 0.25) is 0 Å². The van der Waals surface area contributed by atoms with Crippen LogP contribution in [0.1, 0.15) is 51.4 Å². The fourth-order valence-corrected chi connectivity index (χ4v) is 9.93. The van der Waals surface area contributed by atoms with Crippen molar-refractivity contribution < 1.29 is 17.9 Å². The van der Waals surface area contributed by atoms with Gasteiger partial charge < -0.3 is 9.64 Å². The van der Waals surface area contributed by atoms with E-state index < -0.39 is 9.84 Å². The Labute approximate surface area is 165 Å². The second kappa shape index (κ2) is 6.73. The van der Waals surface area contributed by atoms with E-state index in [1.165, 1.54) is 32.1 Å². The summed E-state index contributed by atoms with van der Waals surface area (Å²) in [5.41, 5.74) is 0.119. The Bertz CT molecular complexity index is 665. The summed E-state index contributed by atoms with van der Waals surface area (Å²) in [4.78, 5) is 15.1. The first kappa shape index (κ1) is 19.2. The second-order valence-corrected chi connectivity index (χ2v) is 13.3. The topological polar surface area (TPSA) is 63.7 Å². The number of ether oxygens (including phenoxy) is 1. The van der Waals surface area contributed by atoms with E-state index in [1.807, 2.05) is 4.90 Å². The molecule has 4 bridgehead atoms. The quantitative estimate of drug-likeness (QED) is 0.587. The molecule has 0 aromatic heterocycles. The number of alkyl halides is 1. The van der Waals surface area contributed by atoms with Gasteiger partial charge in [-0.2, -0.15) is 0 Å². The van der Waals surface area contributed by atoms with Gasteiger partial charge in [0.05, 0.1) is 18.1 Å². The van der Waals surface area contributed by atoms with Gasteiger partial charge in [-0.25, -0.2) is 8.42 Å². The predicted molar refractivity (Wildman–Crippen MR) is 104 cm³/mol. The van der Waals surface area contributed by atoms with Crippen LogP contribution in [-0.2, 0) is 19.4 Å². The largest absolute Gasteiger partial charge is 0.383 e. The van der Waals surface area contributed by atoms with Crippen LogP contribution in [0.3, 0.4) is 0 Å². The molecule has 1 aliphatic heterocycles. The molecule has 0 N–H and O–H groups in total. The van der Waals surface area contributed by atoms with Crippen molar-refractivity contribution >= 4 is 31.7 Å². The first-order chi connectivity index (χ1) is 12.2. The number of methoxy groups -OCH3 is 1. The molecule has 5 nitrogen and oxygen atoms in total. The zero-order valence-electron chi connectivity index (χ0n) is 15.6. The second-order valence-electron chi connectivity index (χ2n) is 9.43. The summed E-state index contributed by atoms with van der Waals surface area (Å²) >= 11 is 4.02. The summed E-state index contributed by atoms with van der Waals surface area (Å²) in [6, 6.07) is -0.172. The van der Waals surface area contributed by atoms with Crippen molar-refractivity contribution in [1.82, 2.24) is 4.90 Å². The number of hydrogen-bond donors (Lipinski definition) is 0. The first-order valence-electron chi connectivity index (χ1n) is 9.89. The van der Waals surface area contributed by atoms with Crippen LogP contribution < -0.4 is 0 Å². The van der Waals surface area contributed by atoms with Gasteiger partial charge >= 0.3 is 0 Å². The number of sulfone groups is 1. The lowest BCUT2D eigenvalue weighted by molar-refractivity contribution is -0.141. The van der Waals surface area contributed by atoms with E-state index in [9.17, 15) is 13.2 Å². The average molecular weight is 448 g/mol. The number of amides is 1. The van der Waals surface area contributed by atoms with Crippen LogP contribution in [0, 0.1) is 17.3 Å². The maximum atomic E-state index is 13.3. The normalized spacial score (nSPS) is 42.9. The molecular weight excluding hydrogens is 418 g/mol. The summed E-state index contributed by atoms with van der Waals surface area (Å²) in [6.07, 6.45) is 8.43. The van der Waals surface area contributed by atoms with Crippen molar-refractivity contribution in [3.63, 3.8) is 0 Å². The number of hydrogen-bond acceptors (Lipinski definition) is 4. The van der Waals surface area contributed by atoms with Crippen molar-refractivity contribution in [3.05, 3.63) is 0 Å². The highest BCUT2D eigenvalue weighted by Crippen LogP contribution is 2.65. The number of carbonyl (C=O) groups is 1. The van der Waals surface area contributed by atoms with Gasteiger partial charge in [0.2, 0.25) is 5.91 Å². The highest BCUT2D eigenvalue weighted by atomic mass is 79.9. The maximum Gasteiger partial charge on any atom is 0.223 e. The lowest BCUT2D eigenvalue weighted by atomic mass is 9.48. The molecular formula is C19H30BrNO4S. The van der Waals surface area contributed by atoms with Crippen LogP contribution in [0.25, 0.3) is 0 Å². The molecule has 4 saturated carbocycles. The molecule has 7 heteroatoms. The molecule has 1 heterocycles. The smallest absolute Gasteiger partial charge is 0.223 e. The molecule has 1 amide bonds. The van der Waals surface area contributed by atoms with Crippen LogP contribution in [-0.4, -0.2) is 61.4 Å². The minimum absolute atomic E-state index is 0.114. The van der Waals surface area contributed by atoms with E-state index in [1.54, 1.807) is 7.11 Å². The van der Waals surface area contributed by atoms with Crippen molar-refractivity contribution in [1.29, 1.82) is 0 Å². The van der Waals surface area contributed by atoms with Crippen molar-refractivity contribution in [3.8, 4) is 0 Å². The van der Waals surface area contributed by atoms with E-state index in [-0.39, 0.29) is 33.2 Å². The standard InChI is InChI=1S/C19H30BrNO4S/c1-25-4-3-21(16-2-5-26(23,24)12-16)17(22)11-18-7-14-6-15(8-18)10-19(20,9-14)13-18/h14-16H,2-13H2,1H3. The maximum absolute atomic E-state index is 13.3. The molecule has 0 spiro atoms. The number of rotatable bonds is 6. The molecule has 0 radical (unpaired) electrons. The molecule has 3 atom stereocenters. The average Bonchev–Trinajstić information content (AvgIpc) is 2.84. The Morgan fingerprint density at radius 2 is 1.92 bits per heavy atom. The molecule has 0 aromatic rings. The first-order valence-corrected chi connectivity index (χ1v) is 12.5. The van der Waals surface area contributed by atoms with Gasteiger partial charge in [-0.05, 0) is 62.2 Å². The fourth-order valence-electron chi connectivity index (χ4n) is 6.69. The number of carbonyl (C=O) groups excluding carboxylic acids is 1. The summed E-state index contributed by atoms with van der Waals surface area (Å²) in [5, 5.41) is 0. The van der Waals surface area contributed by atoms with Gasteiger partial charge in [-0.3, -0.25) is 4.79 Å². The van der Waals surface area contributed by atoms with Gasteiger partial charge in [0.1, 0.15) is 0 Å². The molecule has 148 valence electrons. The summed E-state index contributed by atoms with van der Waals surface area (Å²) in [7, 11) is -1.38. The molecule has 26 heavy (non-hydrogen) atoms. The third kappa shape index (κ3) is 3.72. The highest BCUT2D eigenvalue weighted by Gasteiger charge is 2.57. The Morgan fingerprint density at radius 1 is 1.23 bits per heavy atom. The van der Waals surface area contributed by atoms with Gasteiger partial charge in [0.25, 0.3) is 0 Å². The summed E-state index contributed by atoms with van der Waals surface area (Å²) in [6.45, 7) is 0.959. The highest BCUT2D eigenvalue weighted by molar-refractivity contribution is 9.10. The molecule has 5 rings (SSSR count). The zero-order valence-corrected chi connectivity index (χ0v) is 18.0. The molecule has 0 aromatic carbocycles. The molecule has 3 unspecified atom stereocenters. The van der Waals surface area contributed by atoms with Crippen LogP contribution >= 0.6 is 15.9 Å². The summed E-state index contributed by atoms with van der Waals surface area (Å²) in [5.74, 6) is 1.96. The molecule has 1 saturated heterocycles. The lowest BCUT2D eigenvalue weighted by Crippen LogP contribution is -2.55. The van der Waals surface area contributed by atoms with E-state index in [0.717, 1.165) is 18.3 Å². The van der Waals surface area contributed by atoms with Crippen molar-refractivity contribution in [2.45, 2.75) is 61.7 Å². The van der Waals surface area contributed by atoms with E-state index in [0.29, 0.717) is 26.0 Å². The third-order valence-corrected chi connectivity index (χ3v) is 9.82. The zero-order chi connectivity index (χ0) is 18.6. The Kier molecular flexibility index (Phi) is 4.97. The van der Waals surface area contributed by atoms with Crippen LogP contribution in [0.4, 0.5) is 0 Å². The van der Waals surface area contributed by atoms with Crippen LogP contribution in [0.15, 0.2) is 0 Å².